The molecule has 3 aliphatic carbocycles. The molecule has 2 bridgehead atoms. The summed E-state index contributed by atoms with van der Waals surface area (Å²) < 4.78 is 5.52. The van der Waals surface area contributed by atoms with Crippen molar-refractivity contribution in [3.05, 3.63) is 12.2 Å². The van der Waals surface area contributed by atoms with Gasteiger partial charge in [0, 0.05) is 19.6 Å². The van der Waals surface area contributed by atoms with E-state index in [-0.39, 0.29) is 12.2 Å². The van der Waals surface area contributed by atoms with Crippen LogP contribution in [0.5, 0.6) is 0 Å². The molecule has 0 spiro atoms. The molecule has 0 amide bonds. The average molecular weight is 168 g/mol. The van der Waals surface area contributed by atoms with Gasteiger partial charge in [-0.2, -0.15) is 0 Å². The van der Waals surface area contributed by atoms with Crippen molar-refractivity contribution in [1.82, 2.24) is 0 Å². The van der Waals surface area contributed by atoms with Crippen LogP contribution < -0.4 is 0 Å². The molecule has 2 nitrogen and oxygen atoms in total. The van der Waals surface area contributed by atoms with Gasteiger partial charge in [-0.3, -0.25) is 0 Å². The first-order valence-corrected chi connectivity index (χ1v) is 4.66. The molecule has 3 atom stereocenters. The smallest absolute Gasteiger partial charge is 0.0909 e. The van der Waals surface area contributed by atoms with Crippen LogP contribution in [0.1, 0.15) is 19.3 Å². The molecular weight excluding hydrogens is 152 g/mol. The Morgan fingerprint density at radius 3 is 2.92 bits per heavy atom. The Kier molecular flexibility index (Phi) is 1.97. The number of methoxy groups -OCH3 is 1. The summed E-state index contributed by atoms with van der Waals surface area (Å²) in [5.41, 5.74) is -0.135. The molecule has 0 saturated heterocycles. The zero-order chi connectivity index (χ0) is 8.60. The Labute approximate surface area is 73.2 Å². The SMILES string of the molecule is COC12C=CC(CC1)CC2CO. The molecule has 1 N–H and O–H groups in total. The summed E-state index contributed by atoms with van der Waals surface area (Å²) in [5.74, 6) is 1.02. The molecule has 1 fully saturated rings. The highest BCUT2D eigenvalue weighted by Gasteiger charge is 2.44. The van der Waals surface area contributed by atoms with Gasteiger partial charge in [-0.25, -0.2) is 0 Å². The molecule has 3 aliphatic rings. The fraction of sp³-hybridized carbons (Fsp3) is 0.800. The minimum atomic E-state index is -0.135. The first kappa shape index (κ1) is 8.27. The molecular formula is C10H16O2. The molecule has 0 aromatic heterocycles. The van der Waals surface area contributed by atoms with Gasteiger partial charge >= 0.3 is 0 Å². The van der Waals surface area contributed by atoms with E-state index in [2.05, 4.69) is 12.2 Å². The maximum atomic E-state index is 9.20. The van der Waals surface area contributed by atoms with Crippen molar-refractivity contribution >= 4 is 0 Å². The average Bonchev–Trinajstić information content (AvgIpc) is 2.19. The van der Waals surface area contributed by atoms with Crippen molar-refractivity contribution in [3.63, 3.8) is 0 Å². The molecule has 68 valence electrons. The molecule has 3 rings (SSSR count). The molecule has 3 unspecified atom stereocenters. The minimum absolute atomic E-state index is 0.135. The molecule has 1 saturated carbocycles. The summed E-state index contributed by atoms with van der Waals surface area (Å²) in [6.07, 6.45) is 7.81. The topological polar surface area (TPSA) is 29.5 Å². The fourth-order valence-corrected chi connectivity index (χ4v) is 2.56. The number of hydrogen-bond acceptors (Lipinski definition) is 2. The standard InChI is InChI=1S/C10H16O2/c1-12-10-4-2-8(3-5-10)6-9(10)7-11/h2,4,8-9,11H,3,5-7H2,1H3. The lowest BCUT2D eigenvalue weighted by Crippen LogP contribution is -2.47. The lowest BCUT2D eigenvalue weighted by Gasteiger charge is -2.46. The third kappa shape index (κ3) is 1.02. The van der Waals surface area contributed by atoms with E-state index in [9.17, 15) is 5.11 Å². The van der Waals surface area contributed by atoms with Crippen LogP contribution in [0.3, 0.4) is 0 Å². The van der Waals surface area contributed by atoms with E-state index in [1.54, 1.807) is 7.11 Å². The molecule has 2 heteroatoms. The number of rotatable bonds is 2. The molecule has 0 radical (unpaired) electrons. The van der Waals surface area contributed by atoms with Crippen LogP contribution in [0.15, 0.2) is 12.2 Å². The van der Waals surface area contributed by atoms with Crippen LogP contribution in [-0.4, -0.2) is 24.4 Å². The summed E-state index contributed by atoms with van der Waals surface area (Å²) in [5, 5.41) is 9.20. The highest BCUT2D eigenvalue weighted by Crippen LogP contribution is 2.45. The van der Waals surface area contributed by atoms with Crippen molar-refractivity contribution in [3.8, 4) is 0 Å². The number of fused-ring (bicyclic) bond motifs is 2. The van der Waals surface area contributed by atoms with Crippen LogP contribution >= 0.6 is 0 Å². The van der Waals surface area contributed by atoms with E-state index in [1.165, 1.54) is 6.42 Å². The van der Waals surface area contributed by atoms with Gasteiger partial charge in [0.25, 0.3) is 0 Å². The number of hydrogen-bond donors (Lipinski definition) is 1. The van der Waals surface area contributed by atoms with Crippen LogP contribution in [0, 0.1) is 11.8 Å². The molecule has 0 aliphatic heterocycles. The highest BCUT2D eigenvalue weighted by atomic mass is 16.5. The van der Waals surface area contributed by atoms with Gasteiger partial charge in [0.15, 0.2) is 0 Å². The molecule has 0 aromatic carbocycles. The normalized spacial score (nSPS) is 45.2. The summed E-state index contributed by atoms with van der Waals surface area (Å²) >= 11 is 0. The maximum absolute atomic E-state index is 9.20. The zero-order valence-electron chi connectivity index (χ0n) is 7.49. The largest absolute Gasteiger partial charge is 0.396 e. The van der Waals surface area contributed by atoms with Gasteiger partial charge in [0.2, 0.25) is 0 Å². The summed E-state index contributed by atoms with van der Waals surface area (Å²) in [4.78, 5) is 0. The Morgan fingerprint density at radius 2 is 2.50 bits per heavy atom. The van der Waals surface area contributed by atoms with Gasteiger partial charge < -0.3 is 9.84 Å². The quantitative estimate of drug-likeness (QED) is 0.631. The van der Waals surface area contributed by atoms with Crippen LogP contribution in [0.25, 0.3) is 0 Å². The second-order valence-corrected chi connectivity index (χ2v) is 3.93. The van der Waals surface area contributed by atoms with Gasteiger partial charge in [0.1, 0.15) is 0 Å². The van der Waals surface area contributed by atoms with E-state index in [1.807, 2.05) is 0 Å². The first-order chi connectivity index (χ1) is 5.80. The van der Waals surface area contributed by atoms with E-state index in [0.717, 1.165) is 12.8 Å². The number of aliphatic hydroxyl groups is 1. The summed E-state index contributed by atoms with van der Waals surface area (Å²) in [7, 11) is 1.75. The Bertz CT molecular complexity index is 200. The molecule has 0 heterocycles. The predicted molar refractivity (Wildman–Crippen MR) is 46.8 cm³/mol. The van der Waals surface area contributed by atoms with Crippen LogP contribution in [0.2, 0.25) is 0 Å². The predicted octanol–water partition coefficient (Wildman–Crippen LogP) is 1.35. The minimum Gasteiger partial charge on any atom is -0.396 e. The maximum Gasteiger partial charge on any atom is 0.0909 e. The van der Waals surface area contributed by atoms with Crippen molar-refractivity contribution in [2.75, 3.05) is 13.7 Å². The lowest BCUT2D eigenvalue weighted by molar-refractivity contribution is -0.0774. The molecule has 12 heavy (non-hydrogen) atoms. The van der Waals surface area contributed by atoms with E-state index >= 15 is 0 Å². The number of ether oxygens (including phenoxy) is 1. The van der Waals surface area contributed by atoms with E-state index in [0.29, 0.717) is 11.8 Å². The summed E-state index contributed by atoms with van der Waals surface area (Å²) in [6.45, 7) is 0.259. The third-order valence-corrected chi connectivity index (χ3v) is 3.44. The first-order valence-electron chi connectivity index (χ1n) is 4.66. The van der Waals surface area contributed by atoms with E-state index in [4.69, 9.17) is 4.74 Å². The van der Waals surface area contributed by atoms with Gasteiger partial charge in [-0.15, -0.1) is 0 Å². The third-order valence-electron chi connectivity index (χ3n) is 3.44. The number of aliphatic hydroxyl groups excluding tert-OH is 1. The molecule has 0 aromatic rings. The highest BCUT2D eigenvalue weighted by molar-refractivity contribution is 5.16. The summed E-state index contributed by atoms with van der Waals surface area (Å²) in [6, 6.07) is 0. The van der Waals surface area contributed by atoms with Gasteiger partial charge in [-0.05, 0) is 25.2 Å². The lowest BCUT2D eigenvalue weighted by atomic mass is 9.66. The van der Waals surface area contributed by atoms with Crippen molar-refractivity contribution in [2.45, 2.75) is 24.9 Å². The Hall–Kier alpha value is -0.340. The van der Waals surface area contributed by atoms with Crippen molar-refractivity contribution in [2.24, 2.45) is 11.8 Å². The fourth-order valence-electron chi connectivity index (χ4n) is 2.56. The second kappa shape index (κ2) is 2.86. The van der Waals surface area contributed by atoms with Crippen molar-refractivity contribution < 1.29 is 9.84 Å². The second-order valence-electron chi connectivity index (χ2n) is 3.93. The van der Waals surface area contributed by atoms with Crippen LogP contribution in [-0.2, 0) is 4.74 Å². The zero-order valence-corrected chi connectivity index (χ0v) is 7.49. The Morgan fingerprint density at radius 1 is 1.67 bits per heavy atom. The van der Waals surface area contributed by atoms with Crippen LogP contribution in [0.4, 0.5) is 0 Å². The van der Waals surface area contributed by atoms with Crippen molar-refractivity contribution in [1.29, 1.82) is 0 Å². The van der Waals surface area contributed by atoms with Gasteiger partial charge in [-0.1, -0.05) is 12.2 Å². The van der Waals surface area contributed by atoms with E-state index < -0.39 is 0 Å². The Balaban J connectivity index is 2.25. The monoisotopic (exact) mass is 168 g/mol. The van der Waals surface area contributed by atoms with Gasteiger partial charge in [0.05, 0.1) is 5.60 Å². The number of allylic oxidation sites excluding steroid dienone is 1.